The molecule has 0 aliphatic carbocycles. The van der Waals surface area contributed by atoms with Crippen LogP contribution < -0.4 is 15.0 Å². The van der Waals surface area contributed by atoms with E-state index >= 15 is 0 Å². The van der Waals surface area contributed by atoms with Crippen molar-refractivity contribution in [3.05, 3.63) is 59.7 Å². The molecule has 1 N–H and O–H groups in total. The van der Waals surface area contributed by atoms with Crippen LogP contribution in [-0.4, -0.2) is 56.7 Å². The standard InChI is InChI=1S/C26H37N3O2/c1-4-22(3)24-11-5-6-12-25(24)31-20-26(30)27-13-8-14-28-15-17-29(18-16-28)23-10-7-9-21(2)19-23/h5-7,9-12,19,22H,4,8,13-18,20H2,1-3H3,(H,27,30). The van der Waals surface area contributed by atoms with Gasteiger partial charge in [-0.2, -0.15) is 0 Å². The van der Waals surface area contributed by atoms with Crippen molar-refractivity contribution in [2.45, 2.75) is 39.5 Å². The summed E-state index contributed by atoms with van der Waals surface area (Å²) in [5.74, 6) is 1.19. The summed E-state index contributed by atoms with van der Waals surface area (Å²) in [5.41, 5.74) is 3.80. The summed E-state index contributed by atoms with van der Waals surface area (Å²) in [5, 5.41) is 3.00. The van der Waals surface area contributed by atoms with Crippen LogP contribution in [0.2, 0.25) is 0 Å². The number of nitrogens with one attached hydrogen (secondary N) is 1. The number of hydrogen-bond donors (Lipinski definition) is 1. The highest BCUT2D eigenvalue weighted by Crippen LogP contribution is 2.28. The van der Waals surface area contributed by atoms with Crippen LogP contribution >= 0.6 is 0 Å². The van der Waals surface area contributed by atoms with Crippen LogP contribution in [0.5, 0.6) is 5.75 Å². The highest BCUT2D eigenvalue weighted by Gasteiger charge is 2.17. The summed E-state index contributed by atoms with van der Waals surface area (Å²) >= 11 is 0. The molecular formula is C26H37N3O2. The van der Waals surface area contributed by atoms with Gasteiger partial charge in [0.1, 0.15) is 5.75 Å². The third-order valence-electron chi connectivity index (χ3n) is 6.13. The SMILES string of the molecule is CCC(C)c1ccccc1OCC(=O)NCCCN1CCN(c2cccc(C)c2)CC1. The third kappa shape index (κ3) is 7.00. The van der Waals surface area contributed by atoms with Gasteiger partial charge in [-0.15, -0.1) is 0 Å². The van der Waals surface area contributed by atoms with Crippen molar-refractivity contribution < 1.29 is 9.53 Å². The van der Waals surface area contributed by atoms with E-state index in [1.165, 1.54) is 16.8 Å². The Morgan fingerprint density at radius 1 is 1.10 bits per heavy atom. The molecule has 1 saturated heterocycles. The van der Waals surface area contributed by atoms with E-state index in [2.05, 4.69) is 66.2 Å². The van der Waals surface area contributed by atoms with E-state index in [0.717, 1.165) is 51.3 Å². The number of aryl methyl sites for hydroxylation is 1. The largest absolute Gasteiger partial charge is 0.483 e. The molecule has 5 nitrogen and oxygen atoms in total. The van der Waals surface area contributed by atoms with Crippen molar-refractivity contribution in [1.82, 2.24) is 10.2 Å². The van der Waals surface area contributed by atoms with E-state index in [4.69, 9.17) is 4.74 Å². The predicted molar refractivity (Wildman–Crippen MR) is 128 cm³/mol. The number of hydrogen-bond acceptors (Lipinski definition) is 4. The van der Waals surface area contributed by atoms with Crippen molar-refractivity contribution in [2.75, 3.05) is 50.8 Å². The Hall–Kier alpha value is -2.53. The van der Waals surface area contributed by atoms with Crippen LogP contribution in [0.1, 0.15) is 43.7 Å². The van der Waals surface area contributed by atoms with E-state index in [1.807, 2.05) is 18.2 Å². The molecule has 31 heavy (non-hydrogen) atoms. The van der Waals surface area contributed by atoms with Gasteiger partial charge in [-0.1, -0.05) is 44.2 Å². The first kappa shape index (κ1) is 23.1. The average molecular weight is 424 g/mol. The fourth-order valence-corrected chi connectivity index (χ4v) is 4.02. The van der Waals surface area contributed by atoms with Gasteiger partial charge in [-0.3, -0.25) is 9.69 Å². The van der Waals surface area contributed by atoms with Crippen LogP contribution in [-0.2, 0) is 4.79 Å². The lowest BCUT2D eigenvalue weighted by molar-refractivity contribution is -0.123. The number of ether oxygens (including phenoxy) is 1. The monoisotopic (exact) mass is 423 g/mol. The molecule has 1 amide bonds. The van der Waals surface area contributed by atoms with Crippen LogP contribution in [0.3, 0.4) is 0 Å². The number of rotatable bonds is 10. The molecule has 1 unspecified atom stereocenters. The lowest BCUT2D eigenvalue weighted by Crippen LogP contribution is -2.47. The van der Waals surface area contributed by atoms with E-state index < -0.39 is 0 Å². The number of carbonyl (C=O) groups excluding carboxylic acids is 1. The van der Waals surface area contributed by atoms with E-state index in [9.17, 15) is 4.79 Å². The zero-order valence-corrected chi connectivity index (χ0v) is 19.3. The molecule has 2 aromatic rings. The van der Waals surface area contributed by atoms with Gasteiger partial charge in [-0.05, 0) is 61.6 Å². The van der Waals surface area contributed by atoms with Gasteiger partial charge < -0.3 is 15.0 Å². The lowest BCUT2D eigenvalue weighted by atomic mass is 9.98. The van der Waals surface area contributed by atoms with E-state index in [0.29, 0.717) is 12.5 Å². The molecule has 0 spiro atoms. The first-order valence-corrected chi connectivity index (χ1v) is 11.6. The van der Waals surface area contributed by atoms with E-state index in [1.54, 1.807) is 0 Å². The van der Waals surface area contributed by atoms with Gasteiger partial charge in [0.05, 0.1) is 0 Å². The first-order chi connectivity index (χ1) is 15.1. The Balaban J connectivity index is 1.31. The van der Waals surface area contributed by atoms with Crippen LogP contribution in [0.25, 0.3) is 0 Å². The minimum atomic E-state index is -0.0526. The number of amides is 1. The van der Waals surface area contributed by atoms with Gasteiger partial charge in [0.2, 0.25) is 0 Å². The molecule has 3 rings (SSSR count). The van der Waals surface area contributed by atoms with Crippen molar-refractivity contribution in [1.29, 1.82) is 0 Å². The van der Waals surface area contributed by atoms with Gasteiger partial charge in [0, 0.05) is 38.4 Å². The maximum absolute atomic E-state index is 12.2. The van der Waals surface area contributed by atoms with Crippen molar-refractivity contribution >= 4 is 11.6 Å². The summed E-state index contributed by atoms with van der Waals surface area (Å²) in [6.07, 6.45) is 2.01. The summed E-state index contributed by atoms with van der Waals surface area (Å²) in [6.45, 7) is 12.5. The zero-order chi connectivity index (χ0) is 22.1. The number of piperazine rings is 1. The highest BCUT2D eigenvalue weighted by molar-refractivity contribution is 5.77. The van der Waals surface area contributed by atoms with Crippen molar-refractivity contribution in [3.63, 3.8) is 0 Å². The molecule has 1 aliphatic rings. The van der Waals surface area contributed by atoms with Crippen LogP contribution in [0.4, 0.5) is 5.69 Å². The Labute approximate surface area is 187 Å². The molecule has 1 atom stereocenters. The van der Waals surface area contributed by atoms with Gasteiger partial charge in [-0.25, -0.2) is 0 Å². The van der Waals surface area contributed by atoms with Gasteiger partial charge in [0.25, 0.3) is 5.91 Å². The molecule has 1 aliphatic heterocycles. The second-order valence-electron chi connectivity index (χ2n) is 8.51. The molecule has 168 valence electrons. The number of carbonyl (C=O) groups is 1. The zero-order valence-electron chi connectivity index (χ0n) is 19.3. The Bertz CT molecular complexity index is 831. The molecule has 1 fully saturated rings. The highest BCUT2D eigenvalue weighted by atomic mass is 16.5. The number of nitrogens with zero attached hydrogens (tertiary/aromatic N) is 2. The summed E-state index contributed by atoms with van der Waals surface area (Å²) < 4.78 is 5.80. The minimum absolute atomic E-state index is 0.0526. The Morgan fingerprint density at radius 2 is 1.87 bits per heavy atom. The quantitative estimate of drug-likeness (QED) is 0.581. The van der Waals surface area contributed by atoms with Gasteiger partial charge in [0.15, 0.2) is 6.61 Å². The molecule has 0 saturated carbocycles. The first-order valence-electron chi connectivity index (χ1n) is 11.6. The number of anilines is 1. The molecular weight excluding hydrogens is 386 g/mol. The fourth-order valence-electron chi connectivity index (χ4n) is 4.02. The summed E-state index contributed by atoms with van der Waals surface area (Å²) in [6, 6.07) is 16.7. The normalized spacial score (nSPS) is 15.5. The second kappa shape index (κ2) is 11.8. The Kier molecular flexibility index (Phi) is 8.77. The van der Waals surface area contributed by atoms with Gasteiger partial charge >= 0.3 is 0 Å². The van der Waals surface area contributed by atoms with Crippen molar-refractivity contribution in [2.24, 2.45) is 0 Å². The Morgan fingerprint density at radius 3 is 2.61 bits per heavy atom. The lowest BCUT2D eigenvalue weighted by Gasteiger charge is -2.36. The topological polar surface area (TPSA) is 44.8 Å². The minimum Gasteiger partial charge on any atom is -0.483 e. The third-order valence-corrected chi connectivity index (χ3v) is 6.13. The van der Waals surface area contributed by atoms with Crippen LogP contribution in [0, 0.1) is 6.92 Å². The molecule has 1 heterocycles. The maximum Gasteiger partial charge on any atom is 0.257 e. The van der Waals surface area contributed by atoms with E-state index in [-0.39, 0.29) is 12.5 Å². The smallest absolute Gasteiger partial charge is 0.257 e. The summed E-state index contributed by atoms with van der Waals surface area (Å²) in [7, 11) is 0. The van der Waals surface area contributed by atoms with Crippen LogP contribution in [0.15, 0.2) is 48.5 Å². The number of benzene rings is 2. The molecule has 5 heteroatoms. The summed E-state index contributed by atoms with van der Waals surface area (Å²) in [4.78, 5) is 17.1. The molecule has 0 aromatic heterocycles. The predicted octanol–water partition coefficient (Wildman–Crippen LogP) is 4.22. The average Bonchev–Trinajstić information content (AvgIpc) is 2.80. The molecule has 0 radical (unpaired) electrons. The number of para-hydroxylation sites is 1. The van der Waals surface area contributed by atoms with Crippen molar-refractivity contribution in [3.8, 4) is 5.75 Å². The molecule has 2 aromatic carbocycles. The molecule has 0 bridgehead atoms. The maximum atomic E-state index is 12.2. The second-order valence-corrected chi connectivity index (χ2v) is 8.51. The fraction of sp³-hybridized carbons (Fsp3) is 0.500.